The van der Waals surface area contributed by atoms with E-state index in [0.29, 0.717) is 45.9 Å². The molecule has 1 aromatic carbocycles. The Kier molecular flexibility index (Phi) is 11.4. The van der Waals surface area contributed by atoms with Gasteiger partial charge in [0, 0.05) is 66.2 Å². The summed E-state index contributed by atoms with van der Waals surface area (Å²) in [6.07, 6.45) is 6.52. The van der Waals surface area contributed by atoms with Crippen molar-refractivity contribution in [3.8, 4) is 22.9 Å². The van der Waals surface area contributed by atoms with E-state index in [4.69, 9.17) is 38.0 Å². The van der Waals surface area contributed by atoms with Crippen LogP contribution in [0.2, 0.25) is 10.0 Å². The van der Waals surface area contributed by atoms with Crippen molar-refractivity contribution in [1.29, 1.82) is 0 Å². The van der Waals surface area contributed by atoms with Crippen LogP contribution in [0, 0.1) is 11.8 Å². The number of likely N-dealkylation sites (tertiary alicyclic amines) is 2. The van der Waals surface area contributed by atoms with Gasteiger partial charge in [-0.1, -0.05) is 23.2 Å². The molecule has 3 aliphatic rings. The minimum absolute atomic E-state index is 0. The number of nitrogens with zero attached hydrogens (tertiary/aromatic N) is 6. The van der Waals surface area contributed by atoms with Gasteiger partial charge in [-0.2, -0.15) is 0 Å². The first kappa shape index (κ1) is 33.5. The van der Waals surface area contributed by atoms with Crippen molar-refractivity contribution < 1.29 is 14.6 Å². The van der Waals surface area contributed by atoms with Gasteiger partial charge in [-0.15, -0.1) is 24.8 Å². The summed E-state index contributed by atoms with van der Waals surface area (Å²) in [6.45, 7) is 5.45. The standard InChI is InChI=1S/C30H34Cl2N6O3.2ClH/c1-36-17-22-18-38(7-4-27(22)36)30-33-14-25(15-34-30)41-28-9-20(16-37-5-2-19(3-6-37)10-29(39)40)8-26(35-28)21-11-23(31)13-24(32)12-21;;/h8-9,11-15,19,22,27H,2-7,10,16-18H2,1H3,(H,39,40);2*1H/t22-,27+;;/m1../s1. The van der Waals surface area contributed by atoms with Gasteiger partial charge in [-0.3, -0.25) is 9.69 Å². The molecule has 0 bridgehead atoms. The molecule has 13 heteroatoms. The second kappa shape index (κ2) is 14.6. The number of benzene rings is 1. The number of pyridine rings is 1. The maximum absolute atomic E-state index is 11.1. The maximum Gasteiger partial charge on any atom is 0.303 e. The molecule has 0 amide bonds. The van der Waals surface area contributed by atoms with Gasteiger partial charge in [0.1, 0.15) is 0 Å². The van der Waals surface area contributed by atoms with Crippen molar-refractivity contribution in [2.24, 2.45) is 11.8 Å². The Morgan fingerprint density at radius 2 is 1.67 bits per heavy atom. The topological polar surface area (TPSA) is 94.9 Å². The zero-order valence-corrected chi connectivity index (χ0v) is 27.0. The van der Waals surface area contributed by atoms with E-state index >= 15 is 0 Å². The highest BCUT2D eigenvalue weighted by Crippen LogP contribution is 2.33. The van der Waals surface area contributed by atoms with E-state index in [2.05, 4.69) is 31.7 Å². The minimum Gasteiger partial charge on any atom is -0.481 e. The van der Waals surface area contributed by atoms with Gasteiger partial charge < -0.3 is 19.6 Å². The summed E-state index contributed by atoms with van der Waals surface area (Å²) in [6, 6.07) is 10.0. The highest BCUT2D eigenvalue weighted by molar-refractivity contribution is 6.35. The van der Waals surface area contributed by atoms with Crippen LogP contribution in [0.4, 0.5) is 5.95 Å². The number of aliphatic carboxylic acids is 1. The predicted molar refractivity (Wildman–Crippen MR) is 173 cm³/mol. The van der Waals surface area contributed by atoms with Gasteiger partial charge in [-0.25, -0.2) is 15.0 Å². The fourth-order valence-corrected chi connectivity index (χ4v) is 6.91. The van der Waals surface area contributed by atoms with Gasteiger partial charge in [0.15, 0.2) is 5.75 Å². The van der Waals surface area contributed by atoms with E-state index in [9.17, 15) is 4.79 Å². The van der Waals surface area contributed by atoms with Crippen molar-refractivity contribution in [3.05, 3.63) is 58.3 Å². The van der Waals surface area contributed by atoms with E-state index in [-0.39, 0.29) is 37.2 Å². The van der Waals surface area contributed by atoms with E-state index in [1.165, 1.54) is 0 Å². The molecule has 3 aromatic rings. The molecule has 0 spiro atoms. The highest BCUT2D eigenvalue weighted by atomic mass is 35.5. The van der Waals surface area contributed by atoms with E-state index < -0.39 is 5.97 Å². The number of aromatic nitrogens is 3. The number of carboxylic acid groups (broad SMARTS) is 1. The number of rotatable bonds is 8. The molecule has 3 saturated heterocycles. The number of hydrogen-bond acceptors (Lipinski definition) is 8. The van der Waals surface area contributed by atoms with Gasteiger partial charge in [-0.05, 0) is 75.1 Å². The third-order valence-electron chi connectivity index (χ3n) is 8.50. The molecule has 1 N–H and O–H groups in total. The summed E-state index contributed by atoms with van der Waals surface area (Å²) in [4.78, 5) is 32.1. The second-order valence-corrected chi connectivity index (χ2v) is 12.4. The lowest BCUT2D eigenvalue weighted by Gasteiger charge is -2.51. The molecular weight excluding hydrogens is 634 g/mol. The molecule has 9 nitrogen and oxygen atoms in total. The fraction of sp³-hybridized carbons (Fsp3) is 0.467. The second-order valence-electron chi connectivity index (χ2n) is 11.5. The average Bonchev–Trinajstić information content (AvgIpc) is 2.93. The zero-order valence-electron chi connectivity index (χ0n) is 23.9. The molecule has 232 valence electrons. The first-order chi connectivity index (χ1) is 19.8. The Hall–Kier alpha value is -2.40. The number of halogens is 4. The van der Waals surface area contributed by atoms with Crippen LogP contribution in [-0.4, -0.2) is 81.6 Å². The van der Waals surface area contributed by atoms with Crippen molar-refractivity contribution in [1.82, 2.24) is 24.8 Å². The Morgan fingerprint density at radius 3 is 2.30 bits per heavy atom. The summed E-state index contributed by atoms with van der Waals surface area (Å²) in [5, 5.41) is 10.2. The van der Waals surface area contributed by atoms with Crippen LogP contribution in [0.3, 0.4) is 0 Å². The Morgan fingerprint density at radius 1 is 0.977 bits per heavy atom. The summed E-state index contributed by atoms with van der Waals surface area (Å²) in [7, 11) is 2.19. The zero-order chi connectivity index (χ0) is 28.5. The first-order valence-electron chi connectivity index (χ1n) is 14.2. The van der Waals surface area contributed by atoms with Crippen LogP contribution in [0.15, 0.2) is 42.7 Å². The molecule has 3 aliphatic heterocycles. The number of carboxylic acids is 1. The third kappa shape index (κ3) is 8.21. The average molecular weight is 670 g/mol. The minimum atomic E-state index is -0.725. The summed E-state index contributed by atoms with van der Waals surface area (Å²) in [5.74, 6) is 1.87. The van der Waals surface area contributed by atoms with Gasteiger partial charge in [0.2, 0.25) is 11.8 Å². The third-order valence-corrected chi connectivity index (χ3v) is 8.94. The largest absolute Gasteiger partial charge is 0.481 e. The molecule has 43 heavy (non-hydrogen) atoms. The molecule has 0 radical (unpaired) electrons. The van der Waals surface area contributed by atoms with Gasteiger partial charge in [0.25, 0.3) is 0 Å². The number of piperidine rings is 2. The van der Waals surface area contributed by atoms with E-state index in [1.54, 1.807) is 18.5 Å². The first-order valence-corrected chi connectivity index (χ1v) is 14.9. The number of fused-ring (bicyclic) bond motifs is 1. The van der Waals surface area contributed by atoms with Crippen LogP contribution >= 0.6 is 48.0 Å². The Labute approximate surface area is 274 Å². The molecule has 0 aliphatic carbocycles. The van der Waals surface area contributed by atoms with Crippen LogP contribution in [0.5, 0.6) is 11.6 Å². The number of anilines is 1. The Bertz CT molecular complexity index is 1390. The molecule has 0 saturated carbocycles. The summed E-state index contributed by atoms with van der Waals surface area (Å²) < 4.78 is 6.19. The van der Waals surface area contributed by atoms with E-state index in [0.717, 1.165) is 69.1 Å². The summed E-state index contributed by atoms with van der Waals surface area (Å²) >= 11 is 12.6. The summed E-state index contributed by atoms with van der Waals surface area (Å²) in [5.41, 5.74) is 2.53. The molecular formula is C30H36Cl4N6O3. The fourth-order valence-electron chi connectivity index (χ4n) is 6.38. The lowest BCUT2D eigenvalue weighted by atomic mass is 9.83. The van der Waals surface area contributed by atoms with Crippen LogP contribution < -0.4 is 9.64 Å². The predicted octanol–water partition coefficient (Wildman–Crippen LogP) is 6.31. The molecule has 3 fully saturated rings. The van der Waals surface area contributed by atoms with Gasteiger partial charge >= 0.3 is 5.97 Å². The lowest BCUT2D eigenvalue weighted by Crippen LogP contribution is -2.62. The SMILES string of the molecule is CN1C[C@@H]2CN(c3ncc(Oc4cc(CN5CCC(CC(=O)O)CC5)cc(-c5cc(Cl)cc(Cl)c5)n4)cn3)CC[C@@H]21.Cl.Cl. The van der Waals surface area contributed by atoms with Crippen LogP contribution in [0.1, 0.15) is 31.2 Å². The van der Waals surface area contributed by atoms with Crippen molar-refractivity contribution in [2.75, 3.05) is 44.7 Å². The molecule has 5 heterocycles. The monoisotopic (exact) mass is 668 g/mol. The smallest absolute Gasteiger partial charge is 0.303 e. The van der Waals surface area contributed by atoms with Gasteiger partial charge in [0.05, 0.1) is 18.1 Å². The molecule has 2 atom stereocenters. The van der Waals surface area contributed by atoms with Crippen molar-refractivity contribution >= 4 is 59.9 Å². The lowest BCUT2D eigenvalue weighted by molar-refractivity contribution is -0.138. The quantitative estimate of drug-likeness (QED) is 0.296. The molecule has 6 rings (SSSR count). The normalized spacial score (nSPS) is 20.8. The van der Waals surface area contributed by atoms with Crippen LogP contribution in [-0.2, 0) is 11.3 Å². The highest BCUT2D eigenvalue weighted by Gasteiger charge is 2.40. The number of hydrogen-bond donors (Lipinski definition) is 1. The maximum atomic E-state index is 11.1. The number of carbonyl (C=O) groups is 1. The Balaban J connectivity index is 0.00000212. The molecule has 2 aromatic heterocycles. The van der Waals surface area contributed by atoms with Crippen molar-refractivity contribution in [2.45, 2.75) is 38.3 Å². The van der Waals surface area contributed by atoms with E-state index in [1.807, 2.05) is 24.3 Å². The van der Waals surface area contributed by atoms with Crippen molar-refractivity contribution in [3.63, 3.8) is 0 Å². The van der Waals surface area contributed by atoms with Crippen LogP contribution in [0.25, 0.3) is 11.3 Å². The molecule has 0 unspecified atom stereocenters. The number of ether oxygens (including phenoxy) is 1.